The zero-order valence-corrected chi connectivity index (χ0v) is 20.5. The number of aromatic nitrogens is 1. The number of rotatable bonds is 7. The molecule has 2 heterocycles. The number of piperidine rings is 1. The van der Waals surface area contributed by atoms with E-state index in [2.05, 4.69) is 4.98 Å². The molecule has 202 valence electrons. The number of carbonyl (C=O) groups excluding carboxylic acids is 1. The van der Waals surface area contributed by atoms with Gasteiger partial charge in [0.2, 0.25) is 10.0 Å². The smallest absolute Gasteiger partial charge is 0.289 e. The summed E-state index contributed by atoms with van der Waals surface area (Å²) in [6, 6.07) is 10.0. The second kappa shape index (κ2) is 9.91. The summed E-state index contributed by atoms with van der Waals surface area (Å²) in [5.74, 6) is -5.92. The van der Waals surface area contributed by atoms with Gasteiger partial charge in [0, 0.05) is 50.2 Å². The van der Waals surface area contributed by atoms with Gasteiger partial charge < -0.3 is 0 Å². The minimum Gasteiger partial charge on any atom is -0.289 e. The van der Waals surface area contributed by atoms with E-state index >= 15 is 0 Å². The number of benzene rings is 1. The number of hydroxylamine groups is 1. The van der Waals surface area contributed by atoms with Crippen LogP contribution in [0.3, 0.4) is 0 Å². The van der Waals surface area contributed by atoms with Crippen molar-refractivity contribution < 1.29 is 40.4 Å². The molecule has 0 atom stereocenters. The van der Waals surface area contributed by atoms with Crippen LogP contribution in [0.2, 0.25) is 0 Å². The predicted octanol–water partition coefficient (Wildman–Crippen LogP) is 3.76. The molecular weight excluding hydrogens is 521 g/mol. The fourth-order valence-electron chi connectivity index (χ4n) is 5.05. The molecule has 0 radical (unpaired) electrons. The molecule has 2 aliphatic rings. The minimum absolute atomic E-state index is 0.0613. The number of sulfonamides is 1. The summed E-state index contributed by atoms with van der Waals surface area (Å²) in [4.78, 5) is 16.9. The van der Waals surface area contributed by atoms with Gasteiger partial charge in [0.1, 0.15) is 0 Å². The van der Waals surface area contributed by atoms with Crippen LogP contribution in [0, 0.1) is 0 Å². The molecule has 1 fully saturated rings. The van der Waals surface area contributed by atoms with Crippen LogP contribution in [-0.4, -0.2) is 58.8 Å². The van der Waals surface area contributed by atoms with Gasteiger partial charge in [-0.15, -0.1) is 0 Å². The summed E-state index contributed by atoms with van der Waals surface area (Å²) in [6.45, 7) is 0.204. The fraction of sp³-hybridized carbons (Fsp3) is 0.500. The highest BCUT2D eigenvalue weighted by molar-refractivity contribution is 7.91. The Morgan fingerprint density at radius 3 is 2.14 bits per heavy atom. The van der Waals surface area contributed by atoms with Gasteiger partial charge in [-0.2, -0.15) is 22.0 Å². The number of carbonyl (C=O) groups is 1. The zero-order chi connectivity index (χ0) is 27.1. The van der Waals surface area contributed by atoms with E-state index in [-0.39, 0.29) is 37.4 Å². The molecule has 1 saturated heterocycles. The summed E-state index contributed by atoms with van der Waals surface area (Å²) in [5, 5.41) is 9.35. The molecule has 0 spiro atoms. The monoisotopic (exact) mass is 547 g/mol. The third-order valence-corrected chi connectivity index (χ3v) is 9.79. The second-order valence-corrected chi connectivity index (χ2v) is 11.8. The maximum Gasteiger partial charge on any atom is 0.453 e. The summed E-state index contributed by atoms with van der Waals surface area (Å²) >= 11 is 0. The average molecular weight is 548 g/mol. The molecule has 0 saturated carbocycles. The van der Waals surface area contributed by atoms with Gasteiger partial charge in [0.05, 0.1) is 0 Å². The first-order valence-corrected chi connectivity index (χ1v) is 13.2. The Labute approximate surface area is 210 Å². The number of aryl methyl sites for hydroxylation is 1. The summed E-state index contributed by atoms with van der Waals surface area (Å²) < 4.78 is 90.2. The number of nitrogens with zero attached hydrogens (tertiary/aromatic N) is 2. The highest BCUT2D eigenvalue weighted by atomic mass is 32.2. The van der Waals surface area contributed by atoms with Crippen molar-refractivity contribution >= 4 is 15.9 Å². The fourth-order valence-corrected chi connectivity index (χ4v) is 7.19. The molecule has 2 N–H and O–H groups in total. The number of pyridine rings is 1. The third-order valence-electron chi connectivity index (χ3n) is 7.28. The van der Waals surface area contributed by atoms with Crippen molar-refractivity contribution in [1.82, 2.24) is 14.8 Å². The second-order valence-electron chi connectivity index (χ2n) is 9.53. The normalized spacial score (nSPS) is 19.0. The molecule has 37 heavy (non-hydrogen) atoms. The van der Waals surface area contributed by atoms with Crippen LogP contribution in [0.5, 0.6) is 0 Å². The SMILES string of the molecule is O=C(NO)C1(S(=O)(=O)N2CCC(c3ccc(CCC(F)(F)C(F)(F)F)cn3)CC2)Cc2ccccc2C1. The molecule has 2 aromatic rings. The van der Waals surface area contributed by atoms with E-state index in [4.69, 9.17) is 0 Å². The lowest BCUT2D eigenvalue weighted by atomic mass is 9.93. The van der Waals surface area contributed by atoms with E-state index in [0.717, 1.165) is 11.1 Å². The van der Waals surface area contributed by atoms with Gasteiger partial charge in [-0.3, -0.25) is 15.0 Å². The topological polar surface area (TPSA) is 99.6 Å². The van der Waals surface area contributed by atoms with Crippen molar-refractivity contribution in [3.05, 3.63) is 65.0 Å². The van der Waals surface area contributed by atoms with Crippen LogP contribution in [0.1, 0.15) is 47.6 Å². The van der Waals surface area contributed by atoms with Crippen molar-refractivity contribution in [1.29, 1.82) is 0 Å². The van der Waals surface area contributed by atoms with Crippen molar-refractivity contribution in [2.75, 3.05) is 13.1 Å². The van der Waals surface area contributed by atoms with Crippen molar-refractivity contribution in [2.45, 2.75) is 61.3 Å². The quantitative estimate of drug-likeness (QED) is 0.313. The molecule has 1 aliphatic heterocycles. The summed E-state index contributed by atoms with van der Waals surface area (Å²) in [6.07, 6.45) is -5.58. The van der Waals surface area contributed by atoms with Gasteiger partial charge in [0.25, 0.3) is 5.91 Å². The van der Waals surface area contributed by atoms with Gasteiger partial charge in [-0.05, 0) is 42.0 Å². The zero-order valence-electron chi connectivity index (χ0n) is 19.6. The molecule has 1 amide bonds. The van der Waals surface area contributed by atoms with E-state index in [1.165, 1.54) is 22.0 Å². The van der Waals surface area contributed by atoms with Gasteiger partial charge in [-0.25, -0.2) is 18.2 Å². The third kappa shape index (κ3) is 5.08. The Bertz CT molecular complexity index is 1220. The standard InChI is InChI=1S/C24H26F5N3O4S/c25-23(26,24(27,28)29)10-7-16-5-6-20(30-15-16)17-8-11-32(12-9-17)37(35,36)22(21(33)31-34)13-18-3-1-2-4-19(18)14-22/h1-6,15,17,34H,7-14H2,(H,31,33). The molecule has 1 aromatic carbocycles. The molecular formula is C24H26F5N3O4S. The Hall–Kier alpha value is -2.64. The van der Waals surface area contributed by atoms with E-state index in [0.29, 0.717) is 18.5 Å². The Morgan fingerprint density at radius 2 is 1.65 bits per heavy atom. The van der Waals surface area contributed by atoms with Gasteiger partial charge in [-0.1, -0.05) is 30.3 Å². The molecule has 0 unspecified atom stereocenters. The lowest BCUT2D eigenvalue weighted by Gasteiger charge is -2.37. The predicted molar refractivity (Wildman–Crippen MR) is 123 cm³/mol. The maximum absolute atomic E-state index is 13.7. The largest absolute Gasteiger partial charge is 0.453 e. The van der Waals surface area contributed by atoms with E-state index < -0.39 is 45.6 Å². The molecule has 1 aromatic heterocycles. The number of halogens is 5. The Kier molecular flexibility index (Phi) is 7.34. The number of nitrogens with one attached hydrogen (secondary N) is 1. The number of hydrogen-bond donors (Lipinski definition) is 2. The van der Waals surface area contributed by atoms with Crippen LogP contribution in [0.25, 0.3) is 0 Å². The first kappa shape index (κ1) is 27.4. The van der Waals surface area contributed by atoms with Gasteiger partial charge >= 0.3 is 12.1 Å². The lowest BCUT2D eigenvalue weighted by molar-refractivity contribution is -0.284. The van der Waals surface area contributed by atoms with Crippen LogP contribution in [-0.2, 0) is 34.1 Å². The van der Waals surface area contributed by atoms with Crippen LogP contribution >= 0.6 is 0 Å². The van der Waals surface area contributed by atoms with Gasteiger partial charge in [0.15, 0.2) is 4.75 Å². The number of amides is 1. The molecule has 13 heteroatoms. The Balaban J connectivity index is 1.42. The number of hydrogen-bond acceptors (Lipinski definition) is 5. The van der Waals surface area contributed by atoms with Crippen molar-refractivity contribution in [3.8, 4) is 0 Å². The van der Waals surface area contributed by atoms with Crippen molar-refractivity contribution in [3.63, 3.8) is 0 Å². The summed E-state index contributed by atoms with van der Waals surface area (Å²) in [5.41, 5.74) is 3.80. The van der Waals surface area contributed by atoms with Crippen LogP contribution < -0.4 is 5.48 Å². The molecule has 7 nitrogen and oxygen atoms in total. The Morgan fingerprint density at radius 1 is 1.05 bits per heavy atom. The molecule has 4 rings (SSSR count). The molecule has 0 bridgehead atoms. The highest BCUT2D eigenvalue weighted by Gasteiger charge is 2.57. The first-order chi connectivity index (χ1) is 17.3. The molecule has 1 aliphatic carbocycles. The van der Waals surface area contributed by atoms with Crippen molar-refractivity contribution in [2.24, 2.45) is 0 Å². The highest BCUT2D eigenvalue weighted by Crippen LogP contribution is 2.41. The number of alkyl halides is 5. The number of fused-ring (bicyclic) bond motifs is 1. The first-order valence-electron chi connectivity index (χ1n) is 11.7. The van der Waals surface area contributed by atoms with E-state index in [1.807, 2.05) is 0 Å². The minimum atomic E-state index is -5.60. The lowest BCUT2D eigenvalue weighted by Crippen LogP contribution is -2.58. The van der Waals surface area contributed by atoms with Crippen LogP contribution in [0.15, 0.2) is 42.6 Å². The van der Waals surface area contributed by atoms with Crippen LogP contribution in [0.4, 0.5) is 22.0 Å². The van der Waals surface area contributed by atoms with E-state index in [1.54, 1.807) is 30.3 Å². The summed E-state index contributed by atoms with van der Waals surface area (Å²) in [7, 11) is -4.17. The average Bonchev–Trinajstić information content (AvgIpc) is 3.28. The maximum atomic E-state index is 13.7. The van der Waals surface area contributed by atoms with E-state index in [9.17, 15) is 40.4 Å².